The number of carbonyl (C=O) groups excluding carboxylic acids is 1. The molecule has 0 radical (unpaired) electrons. The van der Waals surface area contributed by atoms with Crippen LogP contribution in [0.3, 0.4) is 0 Å². The number of nitro benzene ring substituents is 1. The van der Waals surface area contributed by atoms with Crippen molar-refractivity contribution in [2.45, 2.75) is 27.2 Å². The van der Waals surface area contributed by atoms with Crippen LogP contribution >= 0.6 is 11.3 Å². The molecular formula is C23H20N4O4S. The molecule has 0 fully saturated rings. The maximum absolute atomic E-state index is 12.9. The van der Waals surface area contributed by atoms with Gasteiger partial charge in [-0.1, -0.05) is 29.8 Å². The van der Waals surface area contributed by atoms with Gasteiger partial charge in [-0.3, -0.25) is 19.7 Å². The Balaban J connectivity index is 1.64. The smallest absolute Gasteiger partial charge is 0.269 e. The Hall–Kier alpha value is -3.85. The molecule has 0 aliphatic carbocycles. The Morgan fingerprint density at radius 3 is 2.53 bits per heavy atom. The number of non-ortho nitro benzene ring substituents is 1. The molecule has 2 aromatic heterocycles. The van der Waals surface area contributed by atoms with Crippen LogP contribution in [0.4, 0.5) is 11.4 Å². The lowest BCUT2D eigenvalue weighted by Gasteiger charge is -2.08. The highest BCUT2D eigenvalue weighted by molar-refractivity contribution is 7.20. The molecule has 162 valence electrons. The first-order valence-electron chi connectivity index (χ1n) is 9.87. The molecule has 0 atom stereocenters. The summed E-state index contributed by atoms with van der Waals surface area (Å²) in [5.74, 6) is 0.146. The maximum Gasteiger partial charge on any atom is 0.269 e. The summed E-state index contributed by atoms with van der Waals surface area (Å²) in [5, 5.41) is 14.1. The molecule has 0 aliphatic heterocycles. The fourth-order valence-corrected chi connectivity index (χ4v) is 4.65. The molecule has 0 unspecified atom stereocenters. The third-order valence-corrected chi connectivity index (χ3v) is 6.39. The average Bonchev–Trinajstić information content (AvgIpc) is 3.07. The number of thiophene rings is 1. The Kier molecular flexibility index (Phi) is 5.58. The molecule has 2 aromatic carbocycles. The van der Waals surface area contributed by atoms with Crippen molar-refractivity contribution in [3.63, 3.8) is 0 Å². The third kappa shape index (κ3) is 4.15. The van der Waals surface area contributed by atoms with Crippen LogP contribution in [0.15, 0.2) is 47.3 Å². The summed E-state index contributed by atoms with van der Waals surface area (Å²) in [4.78, 5) is 44.2. The van der Waals surface area contributed by atoms with Gasteiger partial charge < -0.3 is 10.3 Å². The normalized spacial score (nSPS) is 11.0. The van der Waals surface area contributed by atoms with Gasteiger partial charge in [0.1, 0.15) is 10.7 Å². The van der Waals surface area contributed by atoms with E-state index in [1.165, 1.54) is 23.5 Å². The molecule has 0 bridgehead atoms. The van der Waals surface area contributed by atoms with Crippen molar-refractivity contribution in [1.82, 2.24) is 9.97 Å². The Morgan fingerprint density at radius 2 is 1.88 bits per heavy atom. The minimum absolute atomic E-state index is 0.000922. The standard InChI is InChI=1S/C23H20N4O4S/c1-12-4-9-17(13(2)10-12)24-22(29)20-14(3)19-21(28)25-18(26-23(19)32-20)11-15-5-7-16(8-6-15)27(30)31/h4-10H,11H2,1-3H3,(H,24,29)(H,25,26,28). The largest absolute Gasteiger partial charge is 0.321 e. The van der Waals surface area contributed by atoms with Crippen LogP contribution in [-0.2, 0) is 6.42 Å². The molecule has 0 spiro atoms. The second-order valence-corrected chi connectivity index (χ2v) is 8.62. The van der Waals surface area contributed by atoms with Gasteiger partial charge in [-0.15, -0.1) is 11.3 Å². The minimum atomic E-state index is -0.463. The van der Waals surface area contributed by atoms with E-state index in [1.54, 1.807) is 19.1 Å². The first kappa shape index (κ1) is 21.4. The number of amides is 1. The highest BCUT2D eigenvalue weighted by Gasteiger charge is 2.20. The van der Waals surface area contributed by atoms with E-state index in [0.29, 0.717) is 32.9 Å². The molecule has 9 heteroatoms. The second-order valence-electron chi connectivity index (χ2n) is 7.62. The summed E-state index contributed by atoms with van der Waals surface area (Å²) in [7, 11) is 0. The number of hydrogen-bond acceptors (Lipinski definition) is 6. The van der Waals surface area contributed by atoms with E-state index in [4.69, 9.17) is 0 Å². The zero-order valence-electron chi connectivity index (χ0n) is 17.7. The number of H-pyrrole nitrogens is 1. The van der Waals surface area contributed by atoms with Crippen molar-refractivity contribution in [3.05, 3.63) is 95.9 Å². The summed E-state index contributed by atoms with van der Waals surface area (Å²) in [5.41, 5.74) is 3.83. The van der Waals surface area contributed by atoms with E-state index in [1.807, 2.05) is 32.0 Å². The number of nitrogens with one attached hydrogen (secondary N) is 2. The number of aromatic nitrogens is 2. The molecule has 0 saturated heterocycles. The van der Waals surface area contributed by atoms with Gasteiger partial charge in [-0.25, -0.2) is 4.98 Å². The van der Waals surface area contributed by atoms with Crippen molar-refractivity contribution >= 4 is 38.8 Å². The van der Waals surface area contributed by atoms with Crippen molar-refractivity contribution in [3.8, 4) is 0 Å². The van der Waals surface area contributed by atoms with Crippen LogP contribution in [0.1, 0.15) is 37.7 Å². The number of nitrogens with zero attached hydrogens (tertiary/aromatic N) is 2. The van der Waals surface area contributed by atoms with Crippen LogP contribution < -0.4 is 10.9 Å². The van der Waals surface area contributed by atoms with Crippen molar-refractivity contribution in [2.75, 3.05) is 5.32 Å². The molecular weight excluding hydrogens is 428 g/mol. The number of anilines is 1. The maximum atomic E-state index is 12.9. The predicted octanol–water partition coefficient (Wildman–Crippen LogP) is 4.66. The average molecular weight is 449 g/mol. The van der Waals surface area contributed by atoms with Crippen LogP contribution in [0.2, 0.25) is 0 Å². The van der Waals surface area contributed by atoms with E-state index in [2.05, 4.69) is 15.3 Å². The highest BCUT2D eigenvalue weighted by atomic mass is 32.1. The molecule has 4 aromatic rings. The Labute approximate surface area is 187 Å². The first-order valence-corrected chi connectivity index (χ1v) is 10.7. The quantitative estimate of drug-likeness (QED) is 0.340. The monoisotopic (exact) mass is 448 g/mol. The zero-order chi connectivity index (χ0) is 23.0. The third-order valence-electron chi connectivity index (χ3n) is 5.20. The van der Waals surface area contributed by atoms with Gasteiger partial charge in [0.2, 0.25) is 0 Å². The number of aromatic amines is 1. The van der Waals surface area contributed by atoms with Gasteiger partial charge in [0, 0.05) is 24.2 Å². The van der Waals surface area contributed by atoms with Gasteiger partial charge in [-0.05, 0) is 43.5 Å². The molecule has 2 N–H and O–H groups in total. The Morgan fingerprint density at radius 1 is 1.16 bits per heavy atom. The lowest BCUT2D eigenvalue weighted by Crippen LogP contribution is -2.14. The van der Waals surface area contributed by atoms with E-state index >= 15 is 0 Å². The molecule has 4 rings (SSSR count). The molecule has 32 heavy (non-hydrogen) atoms. The minimum Gasteiger partial charge on any atom is -0.321 e. The summed E-state index contributed by atoms with van der Waals surface area (Å²) in [6.07, 6.45) is 0.310. The van der Waals surface area contributed by atoms with E-state index in [9.17, 15) is 19.7 Å². The summed E-state index contributed by atoms with van der Waals surface area (Å²) < 4.78 is 0. The second kappa shape index (κ2) is 8.35. The molecule has 0 aliphatic rings. The Bertz CT molecular complexity index is 1420. The SMILES string of the molecule is Cc1ccc(NC(=O)c2sc3nc(Cc4ccc([N+](=O)[O-])cc4)[nH]c(=O)c3c2C)c(C)c1. The van der Waals surface area contributed by atoms with Crippen LogP contribution in [0, 0.1) is 30.9 Å². The van der Waals surface area contributed by atoms with Gasteiger partial charge in [0.15, 0.2) is 0 Å². The number of nitro groups is 1. The van der Waals surface area contributed by atoms with Crippen molar-refractivity contribution < 1.29 is 9.72 Å². The first-order chi connectivity index (χ1) is 15.2. The van der Waals surface area contributed by atoms with Gasteiger partial charge in [0.05, 0.1) is 15.2 Å². The van der Waals surface area contributed by atoms with Gasteiger partial charge in [-0.2, -0.15) is 0 Å². The van der Waals surface area contributed by atoms with Gasteiger partial charge in [0.25, 0.3) is 17.2 Å². The fraction of sp³-hybridized carbons (Fsp3) is 0.174. The molecule has 0 saturated carbocycles. The highest BCUT2D eigenvalue weighted by Crippen LogP contribution is 2.28. The molecule has 1 amide bonds. The molecule has 2 heterocycles. The number of benzene rings is 2. The van der Waals surface area contributed by atoms with Gasteiger partial charge >= 0.3 is 0 Å². The van der Waals surface area contributed by atoms with Crippen LogP contribution in [-0.4, -0.2) is 20.8 Å². The predicted molar refractivity (Wildman–Crippen MR) is 125 cm³/mol. The lowest BCUT2D eigenvalue weighted by atomic mass is 10.1. The fourth-order valence-electron chi connectivity index (χ4n) is 3.55. The number of aryl methyl sites for hydroxylation is 3. The van der Waals surface area contributed by atoms with Crippen LogP contribution in [0.5, 0.6) is 0 Å². The van der Waals surface area contributed by atoms with Crippen LogP contribution in [0.25, 0.3) is 10.2 Å². The van der Waals surface area contributed by atoms with E-state index in [-0.39, 0.29) is 17.2 Å². The number of hydrogen-bond donors (Lipinski definition) is 2. The number of carbonyl (C=O) groups is 1. The van der Waals surface area contributed by atoms with E-state index in [0.717, 1.165) is 22.4 Å². The lowest BCUT2D eigenvalue weighted by molar-refractivity contribution is -0.384. The molecule has 8 nitrogen and oxygen atoms in total. The number of rotatable bonds is 5. The summed E-state index contributed by atoms with van der Waals surface area (Å²) in [6, 6.07) is 11.9. The number of fused-ring (bicyclic) bond motifs is 1. The van der Waals surface area contributed by atoms with Crippen molar-refractivity contribution in [1.29, 1.82) is 0 Å². The summed E-state index contributed by atoms with van der Waals surface area (Å²) >= 11 is 1.17. The summed E-state index contributed by atoms with van der Waals surface area (Å²) in [6.45, 7) is 5.65. The van der Waals surface area contributed by atoms with E-state index < -0.39 is 4.92 Å². The van der Waals surface area contributed by atoms with Crippen molar-refractivity contribution in [2.24, 2.45) is 0 Å². The topological polar surface area (TPSA) is 118 Å². The zero-order valence-corrected chi connectivity index (χ0v) is 18.5.